The van der Waals surface area contributed by atoms with Crippen molar-refractivity contribution in [3.05, 3.63) is 113 Å². The van der Waals surface area contributed by atoms with E-state index in [2.05, 4.69) is 27.2 Å². The molecule has 0 saturated carbocycles. The van der Waals surface area contributed by atoms with E-state index in [0.29, 0.717) is 17.6 Å². The van der Waals surface area contributed by atoms with Crippen LogP contribution in [0.25, 0.3) is 21.8 Å². The van der Waals surface area contributed by atoms with E-state index in [-0.39, 0.29) is 28.1 Å². The van der Waals surface area contributed by atoms with Crippen molar-refractivity contribution in [1.82, 2.24) is 15.3 Å². The fraction of sp³-hybridized carbons (Fsp3) is 0.0345. The first-order valence-corrected chi connectivity index (χ1v) is 12.0. The van der Waals surface area contributed by atoms with Crippen molar-refractivity contribution in [2.45, 2.75) is 6.54 Å². The van der Waals surface area contributed by atoms with Crippen LogP contribution < -0.4 is 15.4 Å². The molecule has 38 heavy (non-hydrogen) atoms. The van der Waals surface area contributed by atoms with Gasteiger partial charge < -0.3 is 20.4 Å². The van der Waals surface area contributed by atoms with Crippen LogP contribution in [0, 0.1) is 0 Å². The standard InChI is InChI=1S/C29H21ClN4O4/c1-2-26(35)38-25-15-19-5-3-4-6-23(19)33-27(25)34-29(37)21-10-9-20(14-22(21)30)28(36)32-16-17-7-8-18-11-12-31-24(18)13-17/h2-15,31H,1,16H2,(H,32,36)(H,33,34,37). The average molecular weight is 525 g/mol. The molecule has 0 bridgehead atoms. The van der Waals surface area contributed by atoms with E-state index >= 15 is 0 Å². The Morgan fingerprint density at radius 1 is 0.974 bits per heavy atom. The molecular formula is C29H21ClN4O4. The van der Waals surface area contributed by atoms with E-state index in [0.717, 1.165) is 27.9 Å². The van der Waals surface area contributed by atoms with Crippen LogP contribution in [0.3, 0.4) is 0 Å². The van der Waals surface area contributed by atoms with Gasteiger partial charge in [-0.25, -0.2) is 9.78 Å². The third-order valence-corrected chi connectivity index (χ3v) is 6.16. The van der Waals surface area contributed by atoms with Crippen molar-refractivity contribution in [2.75, 3.05) is 5.32 Å². The second-order valence-electron chi connectivity index (χ2n) is 8.38. The Balaban J connectivity index is 1.32. The van der Waals surface area contributed by atoms with Crippen molar-refractivity contribution < 1.29 is 19.1 Å². The fourth-order valence-electron chi connectivity index (χ4n) is 3.92. The number of H-pyrrole nitrogens is 1. The van der Waals surface area contributed by atoms with Crippen molar-refractivity contribution >= 4 is 57.0 Å². The number of esters is 1. The SMILES string of the molecule is C=CC(=O)Oc1cc2ccccc2nc1NC(=O)c1ccc(C(=O)NCc2ccc3cc[nH]c3c2)cc1Cl. The Hall–Kier alpha value is -4.95. The molecule has 3 aromatic carbocycles. The number of amides is 2. The van der Waals surface area contributed by atoms with Crippen LogP contribution in [-0.2, 0) is 11.3 Å². The van der Waals surface area contributed by atoms with Gasteiger partial charge in [-0.2, -0.15) is 0 Å². The predicted octanol–water partition coefficient (Wildman–Crippen LogP) is 5.64. The molecule has 9 heteroatoms. The van der Waals surface area contributed by atoms with Gasteiger partial charge in [-0.1, -0.05) is 48.5 Å². The minimum absolute atomic E-state index is 0.0424. The molecule has 5 rings (SSSR count). The largest absolute Gasteiger partial charge is 0.419 e. The Bertz CT molecular complexity index is 1730. The van der Waals surface area contributed by atoms with Gasteiger partial charge in [0.25, 0.3) is 11.8 Å². The topological polar surface area (TPSA) is 113 Å². The molecule has 2 amide bonds. The minimum Gasteiger partial charge on any atom is -0.419 e. The highest BCUT2D eigenvalue weighted by Crippen LogP contribution is 2.29. The van der Waals surface area contributed by atoms with Crippen LogP contribution in [0.5, 0.6) is 5.75 Å². The number of fused-ring (bicyclic) bond motifs is 2. The molecule has 8 nitrogen and oxygen atoms in total. The van der Waals surface area contributed by atoms with Crippen molar-refractivity contribution in [2.24, 2.45) is 0 Å². The molecule has 0 aliphatic rings. The smallest absolute Gasteiger partial charge is 0.335 e. The summed E-state index contributed by atoms with van der Waals surface area (Å²) in [6, 6.07) is 21.0. The number of benzene rings is 3. The Labute approximate surface area is 222 Å². The number of ether oxygens (including phenoxy) is 1. The second kappa shape index (κ2) is 10.6. The zero-order valence-electron chi connectivity index (χ0n) is 20.0. The van der Waals surface area contributed by atoms with E-state index < -0.39 is 11.9 Å². The Kier molecular flexibility index (Phi) is 6.88. The molecule has 188 valence electrons. The lowest BCUT2D eigenvalue weighted by atomic mass is 10.1. The summed E-state index contributed by atoms with van der Waals surface area (Å²) in [7, 11) is 0. The molecular weight excluding hydrogens is 504 g/mol. The monoisotopic (exact) mass is 524 g/mol. The van der Waals surface area contributed by atoms with Gasteiger partial charge in [0.2, 0.25) is 0 Å². The normalized spacial score (nSPS) is 10.8. The summed E-state index contributed by atoms with van der Waals surface area (Å²) >= 11 is 6.38. The second-order valence-corrected chi connectivity index (χ2v) is 8.79. The van der Waals surface area contributed by atoms with E-state index in [1.807, 2.05) is 36.5 Å². The van der Waals surface area contributed by atoms with Crippen LogP contribution in [0.4, 0.5) is 5.82 Å². The lowest BCUT2D eigenvalue weighted by Crippen LogP contribution is -2.23. The molecule has 0 aliphatic carbocycles. The van der Waals surface area contributed by atoms with Gasteiger partial charge in [-0.15, -0.1) is 0 Å². The summed E-state index contributed by atoms with van der Waals surface area (Å²) in [5.74, 6) is -1.51. The van der Waals surface area contributed by atoms with E-state index in [9.17, 15) is 14.4 Å². The number of anilines is 1. The number of carbonyl (C=O) groups is 3. The van der Waals surface area contributed by atoms with E-state index in [4.69, 9.17) is 16.3 Å². The van der Waals surface area contributed by atoms with Gasteiger partial charge in [-0.05, 0) is 53.4 Å². The third kappa shape index (κ3) is 5.25. The van der Waals surface area contributed by atoms with Crippen molar-refractivity contribution in [1.29, 1.82) is 0 Å². The van der Waals surface area contributed by atoms with Gasteiger partial charge >= 0.3 is 5.97 Å². The molecule has 0 aliphatic heterocycles. The molecule has 0 atom stereocenters. The molecule has 0 spiro atoms. The number of halogens is 1. The van der Waals surface area contributed by atoms with Gasteiger partial charge in [0.1, 0.15) is 0 Å². The number of para-hydroxylation sites is 1. The number of aromatic nitrogens is 2. The van der Waals surface area contributed by atoms with Crippen LogP contribution in [0.1, 0.15) is 26.3 Å². The van der Waals surface area contributed by atoms with Crippen LogP contribution >= 0.6 is 11.6 Å². The van der Waals surface area contributed by atoms with Crippen molar-refractivity contribution in [3.8, 4) is 5.75 Å². The van der Waals surface area contributed by atoms with Gasteiger partial charge in [0.05, 0.1) is 16.1 Å². The van der Waals surface area contributed by atoms with Gasteiger partial charge in [-0.3, -0.25) is 9.59 Å². The maximum absolute atomic E-state index is 13.1. The Morgan fingerprint density at radius 3 is 2.63 bits per heavy atom. The first kappa shape index (κ1) is 24.7. The molecule has 3 N–H and O–H groups in total. The number of nitrogens with one attached hydrogen (secondary N) is 3. The quantitative estimate of drug-likeness (QED) is 0.188. The number of nitrogens with zero attached hydrogens (tertiary/aromatic N) is 1. The minimum atomic E-state index is -0.696. The summed E-state index contributed by atoms with van der Waals surface area (Å²) in [5, 5.41) is 7.39. The van der Waals surface area contributed by atoms with Crippen LogP contribution in [-0.4, -0.2) is 27.8 Å². The summed E-state index contributed by atoms with van der Waals surface area (Å²) < 4.78 is 5.28. The van der Waals surface area contributed by atoms with Crippen molar-refractivity contribution in [3.63, 3.8) is 0 Å². The molecule has 0 fully saturated rings. The summed E-state index contributed by atoms with van der Waals surface area (Å²) in [6.07, 6.45) is 2.87. The number of aromatic amines is 1. The zero-order valence-corrected chi connectivity index (χ0v) is 20.7. The van der Waals surface area contributed by atoms with Crippen LogP contribution in [0.15, 0.2) is 91.6 Å². The molecule has 0 unspecified atom stereocenters. The maximum Gasteiger partial charge on any atom is 0.335 e. The zero-order chi connectivity index (χ0) is 26.6. The lowest BCUT2D eigenvalue weighted by molar-refractivity contribution is -0.128. The number of carbonyl (C=O) groups excluding carboxylic acids is 3. The highest BCUT2D eigenvalue weighted by atomic mass is 35.5. The number of hydrogen-bond acceptors (Lipinski definition) is 5. The molecule has 2 heterocycles. The average Bonchev–Trinajstić information content (AvgIpc) is 3.39. The first-order valence-electron chi connectivity index (χ1n) is 11.6. The number of rotatable bonds is 7. The van der Waals surface area contributed by atoms with Crippen LogP contribution in [0.2, 0.25) is 5.02 Å². The summed E-state index contributed by atoms with van der Waals surface area (Å²) in [4.78, 5) is 45.2. The molecule has 2 aromatic heterocycles. The first-order chi connectivity index (χ1) is 18.4. The third-order valence-electron chi connectivity index (χ3n) is 5.85. The highest BCUT2D eigenvalue weighted by molar-refractivity contribution is 6.34. The summed E-state index contributed by atoms with van der Waals surface area (Å²) in [5.41, 5.74) is 2.94. The predicted molar refractivity (Wildman–Crippen MR) is 146 cm³/mol. The number of pyridine rings is 1. The molecule has 5 aromatic rings. The van der Waals surface area contributed by atoms with Gasteiger partial charge in [0, 0.05) is 35.3 Å². The lowest BCUT2D eigenvalue weighted by Gasteiger charge is -2.12. The van der Waals surface area contributed by atoms with Gasteiger partial charge in [0.15, 0.2) is 11.6 Å². The van der Waals surface area contributed by atoms with E-state index in [1.54, 1.807) is 24.3 Å². The summed E-state index contributed by atoms with van der Waals surface area (Å²) in [6.45, 7) is 3.72. The van der Waals surface area contributed by atoms with E-state index in [1.165, 1.54) is 18.2 Å². The molecule has 0 radical (unpaired) electrons. The maximum atomic E-state index is 13.1. The Morgan fingerprint density at radius 2 is 1.82 bits per heavy atom. The fourth-order valence-corrected chi connectivity index (χ4v) is 4.19. The molecule has 0 saturated heterocycles. The number of hydrogen-bond donors (Lipinski definition) is 3. The highest BCUT2D eigenvalue weighted by Gasteiger charge is 2.18.